The molecule has 2 aromatic rings. The molecule has 110 valence electrons. The molecule has 3 rings (SSSR count). The number of aromatic amines is 1. The molecule has 1 amide bonds. The molecule has 1 aliphatic heterocycles. The normalized spacial score (nSPS) is 12.5. The summed E-state index contributed by atoms with van der Waals surface area (Å²) in [5.74, 6) is 1.13. The average Bonchev–Trinajstić information content (AvgIpc) is 3.08. The quantitative estimate of drug-likeness (QED) is 0.910. The zero-order chi connectivity index (χ0) is 14.8. The van der Waals surface area contributed by atoms with Gasteiger partial charge in [0.15, 0.2) is 17.3 Å². The van der Waals surface area contributed by atoms with Gasteiger partial charge in [-0.15, -0.1) is 0 Å². The number of aromatic nitrogens is 2. The van der Waals surface area contributed by atoms with E-state index in [4.69, 9.17) is 21.1 Å². The number of H-pyrrole nitrogens is 1. The molecule has 0 unspecified atom stereocenters. The van der Waals surface area contributed by atoms with Gasteiger partial charge in [0.25, 0.3) is 5.91 Å². The van der Waals surface area contributed by atoms with E-state index in [9.17, 15) is 4.79 Å². The molecule has 0 aliphatic carbocycles. The Hall–Kier alpha value is -2.21. The largest absolute Gasteiger partial charge is 0.454 e. The predicted octanol–water partition coefficient (Wildman–Crippen LogP) is 3.00. The van der Waals surface area contributed by atoms with E-state index in [-0.39, 0.29) is 12.7 Å². The lowest BCUT2D eigenvalue weighted by Gasteiger charge is -2.04. The van der Waals surface area contributed by atoms with Crippen LogP contribution in [0.15, 0.2) is 18.2 Å². The van der Waals surface area contributed by atoms with Crippen LogP contribution in [0.3, 0.4) is 0 Å². The number of hydrogen-bond acceptors (Lipinski definition) is 4. The monoisotopic (exact) mass is 307 g/mol. The van der Waals surface area contributed by atoms with Crippen molar-refractivity contribution in [3.05, 3.63) is 34.5 Å². The number of nitrogens with one attached hydrogen (secondary N) is 2. The summed E-state index contributed by atoms with van der Waals surface area (Å²) >= 11 is 6.06. The number of carbonyl (C=O) groups excluding carboxylic acids is 1. The van der Waals surface area contributed by atoms with Gasteiger partial charge >= 0.3 is 0 Å². The number of carbonyl (C=O) groups is 1. The van der Waals surface area contributed by atoms with Gasteiger partial charge in [0.2, 0.25) is 6.79 Å². The van der Waals surface area contributed by atoms with Gasteiger partial charge in [-0.1, -0.05) is 24.9 Å². The summed E-state index contributed by atoms with van der Waals surface area (Å²) in [6.07, 6.45) is 1.89. The number of ether oxygens (including phenoxy) is 2. The van der Waals surface area contributed by atoms with Crippen LogP contribution in [0, 0.1) is 0 Å². The van der Waals surface area contributed by atoms with Crippen LogP contribution in [-0.2, 0) is 6.42 Å². The third kappa shape index (κ3) is 2.80. The number of aryl methyl sites for hydroxylation is 1. The van der Waals surface area contributed by atoms with Crippen LogP contribution in [0.25, 0.3) is 0 Å². The Morgan fingerprint density at radius 1 is 1.43 bits per heavy atom. The number of benzene rings is 1. The maximum atomic E-state index is 12.2. The van der Waals surface area contributed by atoms with Crippen LogP contribution < -0.4 is 14.8 Å². The minimum atomic E-state index is -0.301. The number of nitrogens with zero attached hydrogens (tertiary/aromatic N) is 1. The summed E-state index contributed by atoms with van der Waals surface area (Å²) in [5, 5.41) is 10.0. The van der Waals surface area contributed by atoms with Crippen LogP contribution >= 0.6 is 11.6 Å². The topological polar surface area (TPSA) is 76.2 Å². The van der Waals surface area contributed by atoms with Crippen LogP contribution in [0.1, 0.15) is 29.4 Å². The third-order valence-electron chi connectivity index (χ3n) is 3.08. The fourth-order valence-corrected chi connectivity index (χ4v) is 2.38. The van der Waals surface area contributed by atoms with Crippen molar-refractivity contribution in [1.29, 1.82) is 0 Å². The average molecular weight is 308 g/mol. The SMILES string of the molecule is CCCc1cc(NC(=O)c2cc(Cl)c3c(c2)OCO3)n[nH]1. The number of halogens is 1. The number of rotatable bonds is 4. The summed E-state index contributed by atoms with van der Waals surface area (Å²) in [6.45, 7) is 2.19. The predicted molar refractivity (Wildman–Crippen MR) is 78.1 cm³/mol. The van der Waals surface area contributed by atoms with Crippen molar-refractivity contribution >= 4 is 23.3 Å². The number of amides is 1. The van der Waals surface area contributed by atoms with Gasteiger partial charge in [-0.25, -0.2) is 0 Å². The van der Waals surface area contributed by atoms with Crippen molar-refractivity contribution in [2.45, 2.75) is 19.8 Å². The first-order chi connectivity index (χ1) is 10.2. The molecule has 0 atom stereocenters. The van der Waals surface area contributed by atoms with Gasteiger partial charge in [0.05, 0.1) is 5.02 Å². The first-order valence-corrected chi connectivity index (χ1v) is 7.00. The highest BCUT2D eigenvalue weighted by Crippen LogP contribution is 2.39. The minimum absolute atomic E-state index is 0.111. The molecule has 0 fully saturated rings. The van der Waals surface area contributed by atoms with Gasteiger partial charge < -0.3 is 14.8 Å². The van der Waals surface area contributed by atoms with Crippen LogP contribution in [0.5, 0.6) is 11.5 Å². The van der Waals surface area contributed by atoms with E-state index in [0.29, 0.717) is 27.9 Å². The highest BCUT2D eigenvalue weighted by Gasteiger charge is 2.21. The first-order valence-electron chi connectivity index (χ1n) is 6.62. The molecular weight excluding hydrogens is 294 g/mol. The van der Waals surface area contributed by atoms with E-state index in [1.54, 1.807) is 12.1 Å². The van der Waals surface area contributed by atoms with E-state index >= 15 is 0 Å². The van der Waals surface area contributed by atoms with Gasteiger partial charge in [-0.2, -0.15) is 5.10 Å². The minimum Gasteiger partial charge on any atom is -0.454 e. The van der Waals surface area contributed by atoms with Crippen LogP contribution in [-0.4, -0.2) is 22.9 Å². The second-order valence-electron chi connectivity index (χ2n) is 4.67. The molecule has 21 heavy (non-hydrogen) atoms. The Morgan fingerprint density at radius 3 is 3.10 bits per heavy atom. The Balaban J connectivity index is 1.77. The second-order valence-corrected chi connectivity index (χ2v) is 5.08. The lowest BCUT2D eigenvalue weighted by molar-refractivity contribution is 0.102. The van der Waals surface area contributed by atoms with E-state index in [0.717, 1.165) is 18.5 Å². The zero-order valence-electron chi connectivity index (χ0n) is 11.4. The molecule has 7 heteroatoms. The summed E-state index contributed by atoms with van der Waals surface area (Å²) < 4.78 is 10.5. The van der Waals surface area contributed by atoms with Crippen molar-refractivity contribution in [3.63, 3.8) is 0 Å². The molecule has 0 saturated heterocycles. The third-order valence-corrected chi connectivity index (χ3v) is 3.36. The second kappa shape index (κ2) is 5.65. The Kier molecular flexibility index (Phi) is 3.70. The molecule has 1 aromatic carbocycles. The molecule has 0 saturated carbocycles. The van der Waals surface area contributed by atoms with Crippen molar-refractivity contribution in [2.24, 2.45) is 0 Å². The van der Waals surface area contributed by atoms with Crippen molar-refractivity contribution < 1.29 is 14.3 Å². The Morgan fingerprint density at radius 2 is 2.29 bits per heavy atom. The molecule has 0 bridgehead atoms. The number of anilines is 1. The molecule has 0 spiro atoms. The summed E-state index contributed by atoms with van der Waals surface area (Å²) in [4.78, 5) is 12.2. The summed E-state index contributed by atoms with van der Waals surface area (Å²) in [6, 6.07) is 4.96. The van der Waals surface area contributed by atoms with Gasteiger partial charge in [-0.3, -0.25) is 9.89 Å². The number of fused-ring (bicyclic) bond motifs is 1. The Labute approximate surface area is 126 Å². The zero-order valence-corrected chi connectivity index (χ0v) is 12.2. The maximum absolute atomic E-state index is 12.2. The van der Waals surface area contributed by atoms with Gasteiger partial charge in [0, 0.05) is 17.3 Å². The highest BCUT2D eigenvalue weighted by atomic mass is 35.5. The molecular formula is C14H14ClN3O3. The van der Waals surface area contributed by atoms with E-state index in [1.165, 1.54) is 0 Å². The van der Waals surface area contributed by atoms with E-state index in [2.05, 4.69) is 22.4 Å². The van der Waals surface area contributed by atoms with Crippen molar-refractivity contribution in [3.8, 4) is 11.5 Å². The molecule has 0 radical (unpaired) electrons. The summed E-state index contributed by atoms with van der Waals surface area (Å²) in [5.41, 5.74) is 1.38. The maximum Gasteiger partial charge on any atom is 0.257 e. The van der Waals surface area contributed by atoms with Crippen molar-refractivity contribution in [2.75, 3.05) is 12.1 Å². The fourth-order valence-electron chi connectivity index (χ4n) is 2.11. The van der Waals surface area contributed by atoms with Crippen LogP contribution in [0.2, 0.25) is 5.02 Å². The molecule has 1 aromatic heterocycles. The smallest absolute Gasteiger partial charge is 0.257 e. The van der Waals surface area contributed by atoms with E-state index < -0.39 is 0 Å². The fraction of sp³-hybridized carbons (Fsp3) is 0.286. The molecule has 2 heterocycles. The first kappa shape index (κ1) is 13.8. The number of hydrogen-bond donors (Lipinski definition) is 2. The molecule has 6 nitrogen and oxygen atoms in total. The molecule has 2 N–H and O–H groups in total. The summed E-state index contributed by atoms with van der Waals surface area (Å²) in [7, 11) is 0. The van der Waals surface area contributed by atoms with Gasteiger partial charge in [-0.05, 0) is 18.6 Å². The Bertz CT molecular complexity index is 684. The molecule has 1 aliphatic rings. The highest BCUT2D eigenvalue weighted by molar-refractivity contribution is 6.32. The van der Waals surface area contributed by atoms with Crippen molar-refractivity contribution in [1.82, 2.24) is 10.2 Å². The van der Waals surface area contributed by atoms with Crippen LogP contribution in [0.4, 0.5) is 5.82 Å². The van der Waals surface area contributed by atoms with E-state index in [1.807, 2.05) is 6.07 Å². The lowest BCUT2D eigenvalue weighted by atomic mass is 10.2. The van der Waals surface area contributed by atoms with Gasteiger partial charge in [0.1, 0.15) is 0 Å². The lowest BCUT2D eigenvalue weighted by Crippen LogP contribution is -2.12. The standard InChI is InChI=1S/C14H14ClN3O3/c1-2-3-9-6-12(18-17-9)16-14(19)8-4-10(15)13-11(5-8)20-7-21-13/h4-6H,2-3,7H2,1H3,(H2,16,17,18,19).